The third kappa shape index (κ3) is 3.89. The summed E-state index contributed by atoms with van der Waals surface area (Å²) >= 11 is 3.48. The second-order valence-corrected chi connectivity index (χ2v) is 7.28. The maximum absolute atomic E-state index is 12.6. The Morgan fingerprint density at radius 2 is 1.57 bits per heavy atom. The zero-order valence-electron chi connectivity index (χ0n) is 14.8. The average Bonchev–Trinajstić information content (AvgIpc) is 2.70. The van der Waals surface area contributed by atoms with Crippen LogP contribution in [0.15, 0.2) is 92.5 Å². The number of amides is 1. The van der Waals surface area contributed by atoms with Crippen LogP contribution in [0.3, 0.4) is 0 Å². The van der Waals surface area contributed by atoms with Crippen LogP contribution in [0.1, 0.15) is 21.5 Å². The minimum atomic E-state index is -0.669. The molecule has 0 atom stereocenters. The zero-order chi connectivity index (χ0) is 19.5. The van der Waals surface area contributed by atoms with Crippen molar-refractivity contribution in [1.82, 2.24) is 0 Å². The van der Waals surface area contributed by atoms with E-state index < -0.39 is 11.5 Å². The van der Waals surface area contributed by atoms with Gasteiger partial charge in [-0.15, -0.1) is 0 Å². The number of fused-ring (bicyclic) bond motifs is 1. The molecule has 0 spiro atoms. The Hall–Kier alpha value is -3.18. The molecule has 0 radical (unpaired) electrons. The van der Waals surface area contributed by atoms with Crippen LogP contribution >= 0.6 is 15.9 Å². The Labute approximate surface area is 170 Å². The first kappa shape index (κ1) is 18.2. The second kappa shape index (κ2) is 7.82. The molecule has 1 N–H and O–H groups in total. The van der Waals surface area contributed by atoms with Crippen LogP contribution in [-0.2, 0) is 6.42 Å². The molecule has 0 fully saturated rings. The Bertz CT molecular complexity index is 1200. The highest BCUT2D eigenvalue weighted by Gasteiger charge is 2.16. The predicted molar refractivity (Wildman–Crippen MR) is 114 cm³/mol. The molecule has 3 aromatic carbocycles. The summed E-state index contributed by atoms with van der Waals surface area (Å²) < 4.78 is 6.11. The highest BCUT2D eigenvalue weighted by Crippen LogP contribution is 2.27. The van der Waals surface area contributed by atoms with Gasteiger partial charge in [-0.1, -0.05) is 48.5 Å². The lowest BCUT2D eigenvalue weighted by Gasteiger charge is -2.08. The quantitative estimate of drug-likeness (QED) is 0.438. The topological polar surface area (TPSA) is 59.3 Å². The fourth-order valence-electron chi connectivity index (χ4n) is 3.06. The molecule has 28 heavy (non-hydrogen) atoms. The van der Waals surface area contributed by atoms with Crippen LogP contribution in [0.25, 0.3) is 11.0 Å². The average molecular weight is 434 g/mol. The van der Waals surface area contributed by atoms with Gasteiger partial charge >= 0.3 is 5.63 Å². The van der Waals surface area contributed by atoms with Crippen LogP contribution in [-0.4, -0.2) is 5.91 Å². The fraction of sp³-hybridized carbons (Fsp3) is 0.0435. The number of nitrogens with one attached hydrogen (secondary N) is 1. The van der Waals surface area contributed by atoms with Crippen LogP contribution in [0, 0.1) is 0 Å². The summed E-state index contributed by atoms with van der Waals surface area (Å²) in [6.45, 7) is 0. The molecular formula is C23H16BrNO3. The van der Waals surface area contributed by atoms with E-state index in [0.29, 0.717) is 21.1 Å². The minimum Gasteiger partial charge on any atom is -0.421 e. The summed E-state index contributed by atoms with van der Waals surface area (Å²) in [5.41, 5.74) is 2.57. The highest BCUT2D eigenvalue weighted by molar-refractivity contribution is 9.10. The Morgan fingerprint density at radius 1 is 0.893 bits per heavy atom. The monoisotopic (exact) mass is 433 g/mol. The Kier molecular flexibility index (Phi) is 5.08. The van der Waals surface area contributed by atoms with Gasteiger partial charge < -0.3 is 9.73 Å². The standard InChI is InChI=1S/C23H16BrNO3/c24-20-13-16(11-15-7-3-1-4-8-15)12-17-14-19(23(27)28-21(17)20)22(26)25-18-9-5-2-6-10-18/h1-10,12-14H,11H2,(H,25,26). The van der Waals surface area contributed by atoms with Gasteiger partial charge in [0.15, 0.2) is 5.58 Å². The van der Waals surface area contributed by atoms with E-state index in [9.17, 15) is 9.59 Å². The first-order valence-electron chi connectivity index (χ1n) is 8.77. The van der Waals surface area contributed by atoms with Crippen molar-refractivity contribution in [2.45, 2.75) is 6.42 Å². The molecule has 0 aliphatic heterocycles. The van der Waals surface area contributed by atoms with E-state index >= 15 is 0 Å². The van der Waals surface area contributed by atoms with Crippen LogP contribution in [0.2, 0.25) is 0 Å². The third-order valence-corrected chi connectivity index (χ3v) is 4.96. The van der Waals surface area contributed by atoms with Gasteiger partial charge in [-0.05, 0) is 63.8 Å². The molecular weight excluding hydrogens is 418 g/mol. The maximum atomic E-state index is 12.6. The molecule has 1 amide bonds. The van der Waals surface area contributed by atoms with Crippen molar-refractivity contribution in [2.75, 3.05) is 5.32 Å². The van der Waals surface area contributed by atoms with E-state index in [2.05, 4.69) is 33.4 Å². The maximum Gasteiger partial charge on any atom is 0.349 e. The van der Waals surface area contributed by atoms with Gasteiger partial charge in [0, 0.05) is 11.1 Å². The number of hydrogen-bond acceptors (Lipinski definition) is 3. The van der Waals surface area contributed by atoms with Gasteiger partial charge in [-0.2, -0.15) is 0 Å². The largest absolute Gasteiger partial charge is 0.421 e. The first-order valence-corrected chi connectivity index (χ1v) is 9.56. The molecule has 0 unspecified atom stereocenters. The molecule has 1 aromatic heterocycles. The normalized spacial score (nSPS) is 10.8. The molecule has 4 nitrogen and oxygen atoms in total. The van der Waals surface area contributed by atoms with Gasteiger partial charge in [-0.25, -0.2) is 4.79 Å². The van der Waals surface area contributed by atoms with Crippen molar-refractivity contribution in [1.29, 1.82) is 0 Å². The second-order valence-electron chi connectivity index (χ2n) is 6.43. The SMILES string of the molecule is O=C(Nc1ccccc1)c1cc2cc(Cc3ccccc3)cc(Br)c2oc1=O. The Morgan fingerprint density at radius 3 is 2.29 bits per heavy atom. The van der Waals surface area contributed by atoms with Gasteiger partial charge in [0.25, 0.3) is 5.91 Å². The van der Waals surface area contributed by atoms with Gasteiger partial charge in [0.05, 0.1) is 4.47 Å². The van der Waals surface area contributed by atoms with Gasteiger partial charge in [-0.3, -0.25) is 4.79 Å². The van der Waals surface area contributed by atoms with Gasteiger partial charge in [0.1, 0.15) is 5.56 Å². The lowest BCUT2D eigenvalue weighted by Crippen LogP contribution is -2.20. The van der Waals surface area contributed by atoms with Crippen LogP contribution in [0.5, 0.6) is 0 Å². The molecule has 0 aliphatic rings. The molecule has 4 rings (SSSR count). The van der Waals surface area contributed by atoms with E-state index in [1.54, 1.807) is 18.2 Å². The molecule has 138 valence electrons. The summed E-state index contributed by atoms with van der Waals surface area (Å²) in [6.07, 6.45) is 0.736. The van der Waals surface area contributed by atoms with Crippen molar-refractivity contribution in [3.8, 4) is 0 Å². The minimum absolute atomic E-state index is 0.0277. The van der Waals surface area contributed by atoms with E-state index in [1.807, 2.05) is 48.5 Å². The molecule has 0 aliphatic carbocycles. The smallest absolute Gasteiger partial charge is 0.349 e. The lowest BCUT2D eigenvalue weighted by molar-refractivity contribution is 0.102. The molecule has 0 saturated heterocycles. The van der Waals surface area contributed by atoms with E-state index in [-0.39, 0.29) is 5.56 Å². The molecule has 1 heterocycles. The lowest BCUT2D eigenvalue weighted by atomic mass is 10.0. The van der Waals surface area contributed by atoms with Crippen molar-refractivity contribution >= 4 is 38.5 Å². The van der Waals surface area contributed by atoms with E-state index in [4.69, 9.17) is 4.42 Å². The summed E-state index contributed by atoms with van der Waals surface area (Å²) in [4.78, 5) is 24.9. The summed E-state index contributed by atoms with van der Waals surface area (Å²) in [5.74, 6) is -0.494. The number of para-hydroxylation sites is 1. The first-order chi connectivity index (χ1) is 13.6. The molecule has 0 bridgehead atoms. The molecule has 0 saturated carbocycles. The highest BCUT2D eigenvalue weighted by atomic mass is 79.9. The van der Waals surface area contributed by atoms with Crippen molar-refractivity contribution in [3.63, 3.8) is 0 Å². The summed E-state index contributed by atoms with van der Waals surface area (Å²) in [6, 6.07) is 24.5. The van der Waals surface area contributed by atoms with Crippen molar-refractivity contribution in [2.24, 2.45) is 0 Å². The summed E-state index contributed by atoms with van der Waals surface area (Å²) in [7, 11) is 0. The fourth-order valence-corrected chi connectivity index (χ4v) is 3.67. The number of benzene rings is 3. The zero-order valence-corrected chi connectivity index (χ0v) is 16.4. The number of anilines is 1. The Balaban J connectivity index is 1.71. The third-order valence-electron chi connectivity index (χ3n) is 4.37. The van der Waals surface area contributed by atoms with E-state index in [0.717, 1.165) is 12.0 Å². The summed E-state index contributed by atoms with van der Waals surface area (Å²) in [5, 5.41) is 3.41. The number of hydrogen-bond donors (Lipinski definition) is 1. The van der Waals surface area contributed by atoms with Crippen molar-refractivity contribution < 1.29 is 9.21 Å². The number of carbonyl (C=O) groups is 1. The predicted octanol–water partition coefficient (Wildman–Crippen LogP) is 5.40. The van der Waals surface area contributed by atoms with Crippen molar-refractivity contribution in [3.05, 3.63) is 110 Å². The molecule has 4 aromatic rings. The van der Waals surface area contributed by atoms with Gasteiger partial charge in [0.2, 0.25) is 0 Å². The number of carbonyl (C=O) groups excluding carboxylic acids is 1. The number of halogens is 1. The number of rotatable bonds is 4. The molecule has 5 heteroatoms. The van der Waals surface area contributed by atoms with Crippen LogP contribution < -0.4 is 10.9 Å². The van der Waals surface area contributed by atoms with E-state index in [1.165, 1.54) is 5.56 Å². The van der Waals surface area contributed by atoms with Crippen LogP contribution in [0.4, 0.5) is 5.69 Å².